The predicted molar refractivity (Wildman–Crippen MR) is 48.8 cm³/mol. The fraction of sp³-hybridized carbons (Fsp3) is 0.222. The van der Waals surface area contributed by atoms with Crippen LogP contribution in [-0.4, -0.2) is 15.0 Å². The van der Waals surface area contributed by atoms with Gasteiger partial charge in [0.25, 0.3) is 0 Å². The molecule has 5 nitrogen and oxygen atoms in total. The lowest BCUT2D eigenvalue weighted by molar-refractivity contribution is 0.552. The lowest BCUT2D eigenvalue weighted by Gasteiger charge is -1.84. The van der Waals surface area contributed by atoms with Crippen LogP contribution in [0.1, 0.15) is 11.8 Å². The van der Waals surface area contributed by atoms with E-state index in [-0.39, 0.29) is 0 Å². The van der Waals surface area contributed by atoms with Crippen molar-refractivity contribution in [3.05, 3.63) is 17.8 Å². The van der Waals surface area contributed by atoms with E-state index in [1.54, 1.807) is 19.9 Å². The zero-order valence-corrected chi connectivity index (χ0v) is 7.74. The summed E-state index contributed by atoms with van der Waals surface area (Å²) in [6.07, 6.45) is 0. The quantitative estimate of drug-likeness (QED) is 0.541. The third-order valence-corrected chi connectivity index (χ3v) is 1.96. The largest absolute Gasteiger partial charge is 0.439 e. The first kappa shape index (κ1) is 7.49. The van der Waals surface area contributed by atoms with Crippen LogP contribution in [0.2, 0.25) is 0 Å². The molecule has 0 radical (unpaired) electrons. The summed E-state index contributed by atoms with van der Waals surface area (Å²) >= 11 is 0. The van der Waals surface area contributed by atoms with Gasteiger partial charge in [-0.05, 0) is 0 Å². The van der Waals surface area contributed by atoms with E-state index in [1.807, 2.05) is 0 Å². The summed E-state index contributed by atoms with van der Waals surface area (Å²) in [5, 5.41) is 0. The average Bonchev–Trinajstić information content (AvgIpc) is 2.59. The minimum absolute atomic E-state index is 0.572. The van der Waals surface area contributed by atoms with Gasteiger partial charge in [0.1, 0.15) is 0 Å². The first-order valence-corrected chi connectivity index (χ1v) is 4.24. The van der Waals surface area contributed by atoms with Gasteiger partial charge < -0.3 is 8.83 Å². The molecular formula is C9H7N3O2. The van der Waals surface area contributed by atoms with E-state index >= 15 is 0 Å². The molecule has 3 heterocycles. The molecule has 0 bridgehead atoms. The predicted octanol–water partition coefficient (Wildman–Crippen LogP) is 1.98. The van der Waals surface area contributed by atoms with Gasteiger partial charge in [-0.1, -0.05) is 0 Å². The Bertz CT molecular complexity index is 521. The van der Waals surface area contributed by atoms with Crippen LogP contribution in [0.25, 0.3) is 22.5 Å². The van der Waals surface area contributed by atoms with Crippen LogP contribution in [0, 0.1) is 13.8 Å². The lowest BCUT2D eigenvalue weighted by atomic mass is 10.4. The summed E-state index contributed by atoms with van der Waals surface area (Å²) in [6.45, 7) is 3.56. The second-order valence-electron chi connectivity index (χ2n) is 3.10. The number of rotatable bonds is 0. The van der Waals surface area contributed by atoms with Crippen LogP contribution in [-0.2, 0) is 0 Å². The lowest BCUT2D eigenvalue weighted by Crippen LogP contribution is -1.78. The smallest absolute Gasteiger partial charge is 0.201 e. The molecule has 3 aromatic rings. The first-order chi connectivity index (χ1) is 6.72. The molecule has 0 atom stereocenters. The monoisotopic (exact) mass is 189 g/mol. The van der Waals surface area contributed by atoms with Crippen molar-refractivity contribution in [2.75, 3.05) is 0 Å². The van der Waals surface area contributed by atoms with Crippen LogP contribution in [0.4, 0.5) is 0 Å². The Morgan fingerprint density at radius 2 is 1.36 bits per heavy atom. The number of pyridine rings is 1. The molecule has 0 N–H and O–H groups in total. The van der Waals surface area contributed by atoms with Crippen LogP contribution >= 0.6 is 0 Å². The van der Waals surface area contributed by atoms with E-state index in [4.69, 9.17) is 8.83 Å². The van der Waals surface area contributed by atoms with Crippen LogP contribution in [0.3, 0.4) is 0 Å². The summed E-state index contributed by atoms with van der Waals surface area (Å²) in [5.74, 6) is 1.19. The summed E-state index contributed by atoms with van der Waals surface area (Å²) in [6, 6.07) is 1.76. The van der Waals surface area contributed by atoms with E-state index in [9.17, 15) is 0 Å². The molecule has 14 heavy (non-hydrogen) atoms. The van der Waals surface area contributed by atoms with Crippen LogP contribution in [0.15, 0.2) is 14.9 Å². The Morgan fingerprint density at radius 1 is 0.857 bits per heavy atom. The van der Waals surface area contributed by atoms with Crippen LogP contribution in [0.5, 0.6) is 0 Å². The summed E-state index contributed by atoms with van der Waals surface area (Å²) in [7, 11) is 0. The molecule has 0 fully saturated rings. The maximum Gasteiger partial charge on any atom is 0.201 e. The van der Waals surface area contributed by atoms with Gasteiger partial charge in [0, 0.05) is 19.9 Å². The van der Waals surface area contributed by atoms with E-state index in [0.717, 1.165) is 0 Å². The highest BCUT2D eigenvalue weighted by molar-refractivity contribution is 5.82. The fourth-order valence-electron chi connectivity index (χ4n) is 1.43. The van der Waals surface area contributed by atoms with Crippen molar-refractivity contribution in [3.63, 3.8) is 0 Å². The molecule has 0 aromatic carbocycles. The molecule has 5 heteroatoms. The highest BCUT2D eigenvalue weighted by Gasteiger charge is 2.09. The third-order valence-electron chi connectivity index (χ3n) is 1.96. The van der Waals surface area contributed by atoms with Gasteiger partial charge in [-0.25, -0.2) is 4.98 Å². The number of fused-ring (bicyclic) bond motifs is 2. The van der Waals surface area contributed by atoms with Gasteiger partial charge in [0.05, 0.1) is 0 Å². The van der Waals surface area contributed by atoms with Crippen molar-refractivity contribution < 1.29 is 8.83 Å². The van der Waals surface area contributed by atoms with Gasteiger partial charge in [-0.3, -0.25) is 0 Å². The Morgan fingerprint density at radius 3 is 1.86 bits per heavy atom. The van der Waals surface area contributed by atoms with Gasteiger partial charge in [0.2, 0.25) is 11.3 Å². The highest BCUT2D eigenvalue weighted by atomic mass is 16.4. The van der Waals surface area contributed by atoms with E-state index < -0.39 is 0 Å². The molecule has 0 spiro atoms. The Hall–Kier alpha value is -1.91. The normalized spacial score (nSPS) is 11.6. The number of oxazole rings is 2. The maximum absolute atomic E-state index is 5.32. The third kappa shape index (κ3) is 0.921. The number of hydrogen-bond acceptors (Lipinski definition) is 5. The highest BCUT2D eigenvalue weighted by Crippen LogP contribution is 2.20. The number of aryl methyl sites for hydroxylation is 2. The van der Waals surface area contributed by atoms with E-state index in [2.05, 4.69) is 15.0 Å². The number of hydrogen-bond donors (Lipinski definition) is 0. The minimum atomic E-state index is 0.572. The molecule has 0 unspecified atom stereocenters. The Labute approximate surface area is 78.8 Å². The summed E-state index contributed by atoms with van der Waals surface area (Å²) in [4.78, 5) is 12.4. The SMILES string of the molecule is Cc1nc2nc3nc(C)oc3cc2o1. The molecule has 0 saturated heterocycles. The zero-order chi connectivity index (χ0) is 9.71. The van der Waals surface area contributed by atoms with Gasteiger partial charge in [-0.15, -0.1) is 0 Å². The molecule has 3 rings (SSSR count). The second kappa shape index (κ2) is 2.31. The molecular weight excluding hydrogens is 182 g/mol. The Balaban J connectivity index is 2.49. The zero-order valence-electron chi connectivity index (χ0n) is 7.74. The molecule has 0 aliphatic heterocycles. The standard InChI is InChI=1S/C9H7N3O2/c1-4-10-8-6(13-4)3-7-9(12-8)11-5(2)14-7/h3H,1-2H3. The fourth-order valence-corrected chi connectivity index (χ4v) is 1.43. The van der Waals surface area contributed by atoms with Crippen molar-refractivity contribution in [1.29, 1.82) is 0 Å². The van der Waals surface area contributed by atoms with Crippen molar-refractivity contribution in [2.24, 2.45) is 0 Å². The molecule has 0 aliphatic carbocycles. The second-order valence-corrected chi connectivity index (χ2v) is 3.10. The Kier molecular flexibility index (Phi) is 1.24. The van der Waals surface area contributed by atoms with Crippen molar-refractivity contribution in [2.45, 2.75) is 13.8 Å². The molecule has 3 aromatic heterocycles. The minimum Gasteiger partial charge on any atom is -0.439 e. The van der Waals surface area contributed by atoms with Gasteiger partial charge in [0.15, 0.2) is 22.9 Å². The van der Waals surface area contributed by atoms with Crippen LogP contribution < -0.4 is 0 Å². The van der Waals surface area contributed by atoms with E-state index in [0.29, 0.717) is 34.2 Å². The summed E-state index contributed by atoms with van der Waals surface area (Å²) < 4.78 is 10.6. The topological polar surface area (TPSA) is 65.0 Å². The van der Waals surface area contributed by atoms with Gasteiger partial charge in [-0.2, -0.15) is 9.97 Å². The molecule has 0 saturated carbocycles. The molecule has 0 amide bonds. The number of aromatic nitrogens is 3. The summed E-state index contributed by atoms with van der Waals surface area (Å²) in [5.41, 5.74) is 2.41. The average molecular weight is 189 g/mol. The van der Waals surface area contributed by atoms with E-state index in [1.165, 1.54) is 0 Å². The molecule has 70 valence electrons. The first-order valence-electron chi connectivity index (χ1n) is 4.24. The maximum atomic E-state index is 5.32. The van der Waals surface area contributed by atoms with Gasteiger partial charge >= 0.3 is 0 Å². The van der Waals surface area contributed by atoms with Crippen molar-refractivity contribution in [1.82, 2.24) is 15.0 Å². The molecule has 0 aliphatic rings. The van der Waals surface area contributed by atoms with Crippen molar-refractivity contribution in [3.8, 4) is 0 Å². The van der Waals surface area contributed by atoms with Crippen molar-refractivity contribution >= 4 is 22.5 Å². The number of nitrogens with zero attached hydrogens (tertiary/aromatic N) is 3.